The minimum Gasteiger partial charge on any atom is -0.356 e. The third-order valence-electron chi connectivity index (χ3n) is 6.94. The van der Waals surface area contributed by atoms with Crippen LogP contribution in [0.2, 0.25) is 5.02 Å². The first-order chi connectivity index (χ1) is 16.5. The van der Waals surface area contributed by atoms with Gasteiger partial charge in [0.15, 0.2) is 0 Å². The SMILES string of the molecule is O=C(Nc1ccc(C(=O)N2CCC(C(=O)NCC3CCCCC3)CC2)cc1)c1ccc(Cl)cc1. The number of amides is 3. The maximum atomic E-state index is 12.9. The second-order valence-electron chi connectivity index (χ2n) is 9.35. The monoisotopic (exact) mass is 481 g/mol. The lowest BCUT2D eigenvalue weighted by molar-refractivity contribution is -0.126. The second kappa shape index (κ2) is 11.5. The van der Waals surface area contributed by atoms with E-state index >= 15 is 0 Å². The van der Waals surface area contributed by atoms with Gasteiger partial charge in [-0.1, -0.05) is 30.9 Å². The number of nitrogens with zero attached hydrogens (tertiary/aromatic N) is 1. The highest BCUT2D eigenvalue weighted by Gasteiger charge is 2.28. The molecule has 0 atom stereocenters. The number of likely N-dealkylation sites (tertiary alicyclic amines) is 1. The number of piperidine rings is 1. The highest BCUT2D eigenvalue weighted by Crippen LogP contribution is 2.24. The molecule has 1 aliphatic heterocycles. The van der Waals surface area contributed by atoms with Crippen molar-refractivity contribution in [1.29, 1.82) is 0 Å². The number of hydrogen-bond acceptors (Lipinski definition) is 3. The zero-order valence-corrected chi connectivity index (χ0v) is 20.2. The van der Waals surface area contributed by atoms with E-state index in [0.29, 0.717) is 53.7 Å². The van der Waals surface area contributed by atoms with Gasteiger partial charge in [0.05, 0.1) is 0 Å². The minimum absolute atomic E-state index is 0.0157. The van der Waals surface area contributed by atoms with Crippen LogP contribution in [0.4, 0.5) is 5.69 Å². The predicted molar refractivity (Wildman–Crippen MR) is 134 cm³/mol. The number of nitrogens with one attached hydrogen (secondary N) is 2. The zero-order valence-electron chi connectivity index (χ0n) is 19.4. The van der Waals surface area contributed by atoms with Gasteiger partial charge in [-0.25, -0.2) is 0 Å². The number of carbonyl (C=O) groups excluding carboxylic acids is 3. The van der Waals surface area contributed by atoms with Gasteiger partial charge in [-0.3, -0.25) is 14.4 Å². The summed E-state index contributed by atoms with van der Waals surface area (Å²) in [6.07, 6.45) is 7.69. The van der Waals surface area contributed by atoms with Crippen LogP contribution in [-0.2, 0) is 4.79 Å². The first-order valence-corrected chi connectivity index (χ1v) is 12.6. The van der Waals surface area contributed by atoms with Crippen molar-refractivity contribution in [2.45, 2.75) is 44.9 Å². The Bertz CT molecular complexity index is 993. The van der Waals surface area contributed by atoms with E-state index in [-0.39, 0.29) is 23.6 Å². The van der Waals surface area contributed by atoms with E-state index in [2.05, 4.69) is 10.6 Å². The summed E-state index contributed by atoms with van der Waals surface area (Å²) in [6, 6.07) is 13.6. The minimum atomic E-state index is -0.237. The quantitative estimate of drug-likeness (QED) is 0.599. The van der Waals surface area contributed by atoms with Gasteiger partial charge in [0.2, 0.25) is 5.91 Å². The fraction of sp³-hybridized carbons (Fsp3) is 0.444. The van der Waals surface area contributed by atoms with Crippen LogP contribution in [-0.4, -0.2) is 42.3 Å². The standard InChI is InChI=1S/C27H32ClN3O3/c28-23-10-6-20(7-11-23)26(33)30-24-12-8-22(9-13-24)27(34)31-16-14-21(15-17-31)25(32)29-18-19-4-2-1-3-5-19/h6-13,19,21H,1-5,14-18H2,(H,29,32)(H,30,33). The van der Waals surface area contributed by atoms with Crippen LogP contribution in [0, 0.1) is 11.8 Å². The second-order valence-corrected chi connectivity index (χ2v) is 9.79. The number of anilines is 1. The Hall–Kier alpha value is -2.86. The van der Waals surface area contributed by atoms with Crippen LogP contribution in [0.5, 0.6) is 0 Å². The highest BCUT2D eigenvalue weighted by atomic mass is 35.5. The first kappa shape index (κ1) is 24.3. The molecule has 0 bridgehead atoms. The number of carbonyl (C=O) groups is 3. The third kappa shape index (κ3) is 6.38. The number of benzene rings is 2. The molecule has 0 unspecified atom stereocenters. The lowest BCUT2D eigenvalue weighted by Crippen LogP contribution is -2.43. The van der Waals surface area contributed by atoms with Gasteiger partial charge in [0, 0.05) is 47.4 Å². The third-order valence-corrected chi connectivity index (χ3v) is 7.19. The number of halogens is 1. The summed E-state index contributed by atoms with van der Waals surface area (Å²) < 4.78 is 0. The topological polar surface area (TPSA) is 78.5 Å². The molecule has 1 aliphatic carbocycles. The van der Waals surface area contributed by atoms with Crippen molar-refractivity contribution >= 4 is 35.0 Å². The van der Waals surface area contributed by atoms with Crippen molar-refractivity contribution in [2.24, 2.45) is 11.8 Å². The maximum absolute atomic E-state index is 12.9. The van der Waals surface area contributed by atoms with Crippen LogP contribution in [0.25, 0.3) is 0 Å². The molecule has 1 saturated heterocycles. The summed E-state index contributed by atoms with van der Waals surface area (Å²) in [5.41, 5.74) is 1.70. The van der Waals surface area contributed by atoms with Crippen LogP contribution >= 0.6 is 11.6 Å². The molecule has 7 heteroatoms. The molecule has 2 N–H and O–H groups in total. The van der Waals surface area contributed by atoms with Crippen molar-refractivity contribution in [3.8, 4) is 0 Å². The summed E-state index contributed by atoms with van der Waals surface area (Å²) in [6.45, 7) is 1.95. The fourth-order valence-corrected chi connectivity index (χ4v) is 4.93. The van der Waals surface area contributed by atoms with Gasteiger partial charge >= 0.3 is 0 Å². The van der Waals surface area contributed by atoms with E-state index in [4.69, 9.17) is 11.6 Å². The van der Waals surface area contributed by atoms with Gasteiger partial charge in [0.25, 0.3) is 11.8 Å². The molecule has 2 aromatic carbocycles. The van der Waals surface area contributed by atoms with E-state index in [0.717, 1.165) is 6.54 Å². The number of rotatable bonds is 6. The molecule has 0 aromatic heterocycles. The Balaban J connectivity index is 1.23. The lowest BCUT2D eigenvalue weighted by atomic mass is 9.89. The molecule has 2 fully saturated rings. The number of hydrogen-bond donors (Lipinski definition) is 2. The van der Waals surface area contributed by atoms with Crippen LogP contribution in [0.15, 0.2) is 48.5 Å². The Morgan fingerprint density at radius 1 is 0.824 bits per heavy atom. The molecular weight excluding hydrogens is 450 g/mol. The first-order valence-electron chi connectivity index (χ1n) is 12.2. The molecule has 180 valence electrons. The summed E-state index contributed by atoms with van der Waals surface area (Å²) in [5, 5.41) is 6.55. The van der Waals surface area contributed by atoms with Crippen LogP contribution in [0.3, 0.4) is 0 Å². The molecule has 2 aliphatic rings. The molecule has 1 saturated carbocycles. The van der Waals surface area contributed by atoms with Crippen LogP contribution in [0.1, 0.15) is 65.7 Å². The van der Waals surface area contributed by atoms with Crippen molar-refractivity contribution in [2.75, 3.05) is 25.0 Å². The molecule has 2 aromatic rings. The van der Waals surface area contributed by atoms with Gasteiger partial charge < -0.3 is 15.5 Å². The fourth-order valence-electron chi connectivity index (χ4n) is 4.81. The van der Waals surface area contributed by atoms with E-state index in [9.17, 15) is 14.4 Å². The maximum Gasteiger partial charge on any atom is 0.255 e. The van der Waals surface area contributed by atoms with Gasteiger partial charge in [-0.15, -0.1) is 0 Å². The molecule has 3 amide bonds. The summed E-state index contributed by atoms with van der Waals surface area (Å²) in [4.78, 5) is 39.7. The van der Waals surface area contributed by atoms with Gasteiger partial charge in [-0.2, -0.15) is 0 Å². The van der Waals surface area contributed by atoms with E-state index in [1.807, 2.05) is 4.90 Å². The van der Waals surface area contributed by atoms with E-state index in [1.54, 1.807) is 48.5 Å². The summed E-state index contributed by atoms with van der Waals surface area (Å²) in [5.74, 6) is 0.464. The van der Waals surface area contributed by atoms with E-state index < -0.39 is 0 Å². The van der Waals surface area contributed by atoms with Crippen LogP contribution < -0.4 is 10.6 Å². The highest BCUT2D eigenvalue weighted by molar-refractivity contribution is 6.30. The Kier molecular flexibility index (Phi) is 8.22. The Morgan fingerprint density at radius 2 is 1.44 bits per heavy atom. The predicted octanol–water partition coefficient (Wildman–Crippen LogP) is 5.14. The molecule has 6 nitrogen and oxygen atoms in total. The summed E-state index contributed by atoms with van der Waals surface area (Å²) >= 11 is 5.87. The lowest BCUT2D eigenvalue weighted by Gasteiger charge is -2.32. The normalized spacial score (nSPS) is 17.3. The van der Waals surface area contributed by atoms with Crippen molar-refractivity contribution in [3.05, 3.63) is 64.7 Å². The molecular formula is C27H32ClN3O3. The molecule has 1 heterocycles. The van der Waals surface area contributed by atoms with Crippen molar-refractivity contribution in [3.63, 3.8) is 0 Å². The molecule has 4 rings (SSSR count). The molecule has 0 radical (unpaired) electrons. The van der Waals surface area contributed by atoms with Crippen molar-refractivity contribution < 1.29 is 14.4 Å². The molecule has 0 spiro atoms. The average molecular weight is 482 g/mol. The summed E-state index contributed by atoms with van der Waals surface area (Å²) in [7, 11) is 0. The average Bonchev–Trinajstić information content (AvgIpc) is 2.88. The molecule has 34 heavy (non-hydrogen) atoms. The Labute approximate surface area is 206 Å². The van der Waals surface area contributed by atoms with E-state index in [1.165, 1.54) is 32.1 Å². The van der Waals surface area contributed by atoms with Crippen molar-refractivity contribution in [1.82, 2.24) is 10.2 Å². The zero-order chi connectivity index (χ0) is 23.9. The van der Waals surface area contributed by atoms with Gasteiger partial charge in [0.1, 0.15) is 0 Å². The smallest absolute Gasteiger partial charge is 0.255 e. The largest absolute Gasteiger partial charge is 0.356 e. The Morgan fingerprint density at radius 3 is 2.09 bits per heavy atom. The van der Waals surface area contributed by atoms with Gasteiger partial charge in [-0.05, 0) is 80.1 Å².